The lowest BCUT2D eigenvalue weighted by atomic mass is 10.1. The Labute approximate surface area is 133 Å². The van der Waals surface area contributed by atoms with E-state index in [1.54, 1.807) is 17.3 Å². The molecule has 0 spiro atoms. The zero-order chi connectivity index (χ0) is 16.2. The lowest BCUT2D eigenvalue weighted by Crippen LogP contribution is -2.48. The van der Waals surface area contributed by atoms with Crippen LogP contribution in [0.25, 0.3) is 0 Å². The molecule has 2 saturated heterocycles. The molecule has 0 bridgehead atoms. The summed E-state index contributed by atoms with van der Waals surface area (Å²) in [5.41, 5.74) is 0. The first kappa shape index (κ1) is 15.4. The molecule has 2 aliphatic rings. The van der Waals surface area contributed by atoms with Gasteiger partial charge in [-0.15, -0.1) is 0 Å². The highest BCUT2D eigenvalue weighted by atomic mass is 16.5. The number of imide groups is 1. The standard InChI is InChI=1S/C15H18N4O4/c20-13-3-4-14(21)19(13)10-15(22)18-7-1-2-11(9-18)23-12-8-16-5-6-17-12/h5-6,8,11H,1-4,7,9-10H2. The van der Waals surface area contributed by atoms with Crippen LogP contribution in [0.3, 0.4) is 0 Å². The SMILES string of the molecule is O=C(CN1C(=O)CCC1=O)N1CCCC(Oc2cnccn2)C1. The molecule has 1 aromatic heterocycles. The summed E-state index contributed by atoms with van der Waals surface area (Å²) in [7, 11) is 0. The average Bonchev–Trinajstić information content (AvgIpc) is 2.88. The molecule has 0 N–H and O–H groups in total. The topological polar surface area (TPSA) is 92.7 Å². The van der Waals surface area contributed by atoms with Gasteiger partial charge in [0.15, 0.2) is 0 Å². The Bertz CT molecular complexity index is 591. The molecule has 1 unspecified atom stereocenters. The molecule has 0 saturated carbocycles. The van der Waals surface area contributed by atoms with Crippen LogP contribution in [-0.2, 0) is 14.4 Å². The van der Waals surface area contributed by atoms with E-state index in [-0.39, 0.29) is 43.2 Å². The minimum absolute atomic E-state index is 0.158. The molecule has 2 fully saturated rings. The van der Waals surface area contributed by atoms with Gasteiger partial charge in [-0.05, 0) is 12.8 Å². The van der Waals surface area contributed by atoms with Gasteiger partial charge in [-0.1, -0.05) is 0 Å². The predicted octanol–water partition coefficient (Wildman–Crippen LogP) is -0.00460. The van der Waals surface area contributed by atoms with E-state index in [2.05, 4.69) is 9.97 Å². The minimum atomic E-state index is -0.271. The fourth-order valence-electron chi connectivity index (χ4n) is 2.81. The van der Waals surface area contributed by atoms with Gasteiger partial charge in [0.2, 0.25) is 23.6 Å². The van der Waals surface area contributed by atoms with E-state index < -0.39 is 0 Å². The van der Waals surface area contributed by atoms with E-state index in [0.29, 0.717) is 19.0 Å². The molecule has 3 rings (SSSR count). The van der Waals surface area contributed by atoms with E-state index in [1.807, 2.05) is 0 Å². The lowest BCUT2D eigenvalue weighted by molar-refractivity contribution is -0.146. The number of likely N-dealkylation sites (tertiary alicyclic amines) is 2. The van der Waals surface area contributed by atoms with Crippen molar-refractivity contribution in [2.45, 2.75) is 31.8 Å². The normalized spacial score (nSPS) is 21.7. The third-order valence-corrected chi connectivity index (χ3v) is 4.01. The largest absolute Gasteiger partial charge is 0.471 e. The Kier molecular flexibility index (Phi) is 4.50. The molecule has 1 atom stereocenters. The van der Waals surface area contributed by atoms with Gasteiger partial charge in [0.05, 0.1) is 12.7 Å². The monoisotopic (exact) mass is 318 g/mol. The van der Waals surface area contributed by atoms with Crippen molar-refractivity contribution in [3.05, 3.63) is 18.6 Å². The zero-order valence-corrected chi connectivity index (χ0v) is 12.7. The molecule has 122 valence electrons. The van der Waals surface area contributed by atoms with Crippen molar-refractivity contribution in [3.8, 4) is 5.88 Å². The van der Waals surface area contributed by atoms with Crippen LogP contribution in [0.15, 0.2) is 18.6 Å². The predicted molar refractivity (Wildman–Crippen MR) is 78.2 cm³/mol. The highest BCUT2D eigenvalue weighted by molar-refractivity contribution is 6.04. The van der Waals surface area contributed by atoms with Gasteiger partial charge in [-0.3, -0.25) is 24.3 Å². The van der Waals surface area contributed by atoms with Crippen molar-refractivity contribution in [3.63, 3.8) is 0 Å². The maximum atomic E-state index is 12.3. The van der Waals surface area contributed by atoms with Crippen molar-refractivity contribution in [2.75, 3.05) is 19.6 Å². The Hall–Kier alpha value is -2.51. The fourth-order valence-corrected chi connectivity index (χ4v) is 2.81. The number of nitrogens with zero attached hydrogens (tertiary/aromatic N) is 4. The molecular weight excluding hydrogens is 300 g/mol. The summed E-state index contributed by atoms with van der Waals surface area (Å²) in [5.74, 6) is -0.335. The smallest absolute Gasteiger partial charge is 0.242 e. The Morgan fingerprint density at radius 1 is 1.26 bits per heavy atom. The van der Waals surface area contributed by atoms with Crippen molar-refractivity contribution < 1.29 is 19.1 Å². The average molecular weight is 318 g/mol. The minimum Gasteiger partial charge on any atom is -0.471 e. The highest BCUT2D eigenvalue weighted by Crippen LogP contribution is 2.17. The number of carbonyl (C=O) groups is 3. The summed E-state index contributed by atoms with van der Waals surface area (Å²) in [6.07, 6.45) is 6.51. The molecule has 0 radical (unpaired) electrons. The number of amides is 3. The Morgan fingerprint density at radius 2 is 2.04 bits per heavy atom. The van der Waals surface area contributed by atoms with E-state index in [1.165, 1.54) is 6.20 Å². The first-order valence-corrected chi connectivity index (χ1v) is 7.67. The van der Waals surface area contributed by atoms with Crippen molar-refractivity contribution >= 4 is 17.7 Å². The number of ether oxygens (including phenoxy) is 1. The van der Waals surface area contributed by atoms with E-state index in [0.717, 1.165) is 17.7 Å². The van der Waals surface area contributed by atoms with Crippen molar-refractivity contribution in [1.82, 2.24) is 19.8 Å². The molecular formula is C15H18N4O4. The maximum Gasteiger partial charge on any atom is 0.242 e. The maximum absolute atomic E-state index is 12.3. The van der Waals surface area contributed by atoms with Gasteiger partial charge in [0, 0.05) is 31.8 Å². The van der Waals surface area contributed by atoms with Gasteiger partial charge in [-0.2, -0.15) is 0 Å². The number of hydrogen-bond acceptors (Lipinski definition) is 6. The van der Waals surface area contributed by atoms with Crippen LogP contribution >= 0.6 is 0 Å². The molecule has 3 heterocycles. The van der Waals surface area contributed by atoms with Gasteiger partial charge in [0.25, 0.3) is 0 Å². The van der Waals surface area contributed by atoms with E-state index >= 15 is 0 Å². The number of rotatable bonds is 4. The van der Waals surface area contributed by atoms with Crippen LogP contribution in [0.4, 0.5) is 0 Å². The second kappa shape index (κ2) is 6.72. The molecule has 0 aliphatic carbocycles. The van der Waals surface area contributed by atoms with E-state index in [4.69, 9.17) is 4.74 Å². The number of aromatic nitrogens is 2. The lowest BCUT2D eigenvalue weighted by Gasteiger charge is -2.33. The summed E-state index contributed by atoms with van der Waals surface area (Å²) in [6, 6.07) is 0. The summed E-state index contributed by atoms with van der Waals surface area (Å²) >= 11 is 0. The van der Waals surface area contributed by atoms with Crippen LogP contribution in [0.2, 0.25) is 0 Å². The number of carbonyl (C=O) groups excluding carboxylic acids is 3. The second-order valence-electron chi connectivity index (χ2n) is 5.64. The van der Waals surface area contributed by atoms with Crippen LogP contribution in [0, 0.1) is 0 Å². The summed E-state index contributed by atoms with van der Waals surface area (Å²) in [5, 5.41) is 0. The number of piperidine rings is 1. The van der Waals surface area contributed by atoms with Crippen molar-refractivity contribution in [2.24, 2.45) is 0 Å². The third-order valence-electron chi connectivity index (χ3n) is 4.01. The Morgan fingerprint density at radius 3 is 2.74 bits per heavy atom. The first-order valence-electron chi connectivity index (χ1n) is 7.67. The van der Waals surface area contributed by atoms with Gasteiger partial charge in [-0.25, -0.2) is 4.98 Å². The Balaban J connectivity index is 1.56. The highest BCUT2D eigenvalue weighted by Gasteiger charge is 2.33. The summed E-state index contributed by atoms with van der Waals surface area (Å²) in [6.45, 7) is 0.858. The van der Waals surface area contributed by atoms with Crippen LogP contribution in [-0.4, -0.2) is 63.2 Å². The number of hydrogen-bond donors (Lipinski definition) is 0. The summed E-state index contributed by atoms with van der Waals surface area (Å²) < 4.78 is 5.73. The molecule has 1 aromatic rings. The van der Waals surface area contributed by atoms with Gasteiger partial charge in [0.1, 0.15) is 12.6 Å². The molecule has 0 aromatic carbocycles. The third kappa shape index (κ3) is 3.64. The zero-order valence-electron chi connectivity index (χ0n) is 12.7. The van der Waals surface area contributed by atoms with Crippen LogP contribution < -0.4 is 4.74 Å². The molecule has 8 heteroatoms. The molecule has 23 heavy (non-hydrogen) atoms. The second-order valence-corrected chi connectivity index (χ2v) is 5.64. The van der Waals surface area contributed by atoms with Crippen LogP contribution in [0.1, 0.15) is 25.7 Å². The molecule has 3 amide bonds. The molecule has 2 aliphatic heterocycles. The van der Waals surface area contributed by atoms with Gasteiger partial charge >= 0.3 is 0 Å². The van der Waals surface area contributed by atoms with Crippen LogP contribution in [0.5, 0.6) is 5.88 Å². The summed E-state index contributed by atoms with van der Waals surface area (Å²) in [4.78, 5) is 46.2. The quantitative estimate of drug-likeness (QED) is 0.725. The van der Waals surface area contributed by atoms with Crippen molar-refractivity contribution in [1.29, 1.82) is 0 Å². The van der Waals surface area contributed by atoms with E-state index in [9.17, 15) is 14.4 Å². The first-order chi connectivity index (χ1) is 11.1. The molecule has 8 nitrogen and oxygen atoms in total. The fraction of sp³-hybridized carbons (Fsp3) is 0.533. The van der Waals surface area contributed by atoms with Gasteiger partial charge < -0.3 is 9.64 Å².